The number of hydrogen-bond donors (Lipinski definition) is 2. The average molecular weight is 497 g/mol. The van der Waals surface area contributed by atoms with E-state index in [1.807, 2.05) is 6.07 Å². The number of rotatable bonds is 8. The van der Waals surface area contributed by atoms with E-state index in [2.05, 4.69) is 10.6 Å². The molecule has 11 heteroatoms. The minimum absolute atomic E-state index is 0.0112. The first-order valence-corrected chi connectivity index (χ1v) is 12.3. The van der Waals surface area contributed by atoms with E-state index in [0.29, 0.717) is 11.4 Å². The summed E-state index contributed by atoms with van der Waals surface area (Å²) in [6.07, 6.45) is 1.46. The van der Waals surface area contributed by atoms with Crippen molar-refractivity contribution >= 4 is 33.4 Å². The third-order valence-corrected chi connectivity index (χ3v) is 7.17. The molecule has 0 radical (unpaired) electrons. The molecule has 1 fully saturated rings. The van der Waals surface area contributed by atoms with Crippen LogP contribution in [0.4, 0.5) is 5.69 Å². The number of amides is 3. The summed E-state index contributed by atoms with van der Waals surface area (Å²) >= 11 is 0. The monoisotopic (exact) mass is 496 g/mol. The topological polar surface area (TPSA) is 129 Å². The number of nitrogens with one attached hydrogen (secondary N) is 2. The van der Waals surface area contributed by atoms with E-state index in [-0.39, 0.29) is 49.1 Å². The number of nitrogens with zero attached hydrogens (tertiary/aromatic N) is 2. The van der Waals surface area contributed by atoms with Crippen molar-refractivity contribution in [3.05, 3.63) is 84.3 Å². The molecule has 2 aromatic carbocycles. The van der Waals surface area contributed by atoms with Gasteiger partial charge in [0.2, 0.25) is 21.8 Å². The molecule has 1 saturated heterocycles. The zero-order valence-electron chi connectivity index (χ0n) is 18.7. The van der Waals surface area contributed by atoms with Crippen LogP contribution in [0.5, 0.6) is 0 Å². The minimum Gasteiger partial charge on any atom is -0.467 e. The van der Waals surface area contributed by atoms with Crippen molar-refractivity contribution in [2.24, 2.45) is 0 Å². The van der Waals surface area contributed by atoms with Crippen molar-refractivity contribution < 1.29 is 27.2 Å². The fourth-order valence-corrected chi connectivity index (χ4v) is 5.07. The summed E-state index contributed by atoms with van der Waals surface area (Å²) < 4.78 is 32.5. The lowest BCUT2D eigenvalue weighted by Crippen LogP contribution is -2.49. The molecule has 0 aliphatic carbocycles. The Labute approximate surface area is 202 Å². The molecule has 1 aromatic heterocycles. The molecule has 0 unspecified atom stereocenters. The second-order valence-corrected chi connectivity index (χ2v) is 9.81. The molecule has 1 aliphatic rings. The molecule has 10 nitrogen and oxygen atoms in total. The predicted octanol–water partition coefficient (Wildman–Crippen LogP) is 1.68. The van der Waals surface area contributed by atoms with E-state index in [0.717, 1.165) is 4.31 Å². The molecule has 0 spiro atoms. The number of para-hydroxylation sites is 1. The molecule has 2 N–H and O–H groups in total. The number of sulfonamides is 1. The highest BCUT2D eigenvalue weighted by atomic mass is 32.2. The van der Waals surface area contributed by atoms with Gasteiger partial charge in [-0.05, 0) is 42.5 Å². The molecule has 0 saturated carbocycles. The normalized spacial score (nSPS) is 14.2. The van der Waals surface area contributed by atoms with Crippen LogP contribution in [0.1, 0.15) is 16.1 Å². The molecule has 3 aromatic rings. The second kappa shape index (κ2) is 10.5. The number of anilines is 1. The molecule has 3 amide bonds. The second-order valence-electron chi connectivity index (χ2n) is 7.87. The summed E-state index contributed by atoms with van der Waals surface area (Å²) in [6.45, 7) is -0.208. The first-order chi connectivity index (χ1) is 16.8. The molecule has 35 heavy (non-hydrogen) atoms. The standard InChI is InChI=1S/C24H24N4O6S/c29-22-17-28(12-11-25-22)35(32,33)21-10-4-6-18(14-21)24(31)27(15-20-9-5-13-34-20)16-23(30)26-19-7-2-1-3-8-19/h1-10,13-14H,11-12,15-17H2,(H,25,29)(H,26,30). The van der Waals surface area contributed by atoms with Crippen molar-refractivity contribution in [3.8, 4) is 0 Å². The number of carbonyl (C=O) groups is 3. The number of piperazine rings is 1. The molecule has 182 valence electrons. The van der Waals surface area contributed by atoms with Crippen molar-refractivity contribution in [2.75, 3.05) is 31.5 Å². The lowest BCUT2D eigenvalue weighted by Gasteiger charge is -2.26. The summed E-state index contributed by atoms with van der Waals surface area (Å²) in [6, 6.07) is 17.7. The number of furan rings is 1. The minimum atomic E-state index is -3.99. The van der Waals surface area contributed by atoms with Crippen LogP contribution in [0.15, 0.2) is 82.3 Å². The van der Waals surface area contributed by atoms with Gasteiger partial charge in [-0.1, -0.05) is 24.3 Å². The average Bonchev–Trinajstić information content (AvgIpc) is 3.37. The number of benzene rings is 2. The molecule has 1 aliphatic heterocycles. The Hall–Kier alpha value is -3.96. The van der Waals surface area contributed by atoms with Gasteiger partial charge in [0.1, 0.15) is 12.3 Å². The summed E-state index contributed by atoms with van der Waals surface area (Å²) in [4.78, 5) is 38.9. The van der Waals surface area contributed by atoms with Gasteiger partial charge in [-0.15, -0.1) is 0 Å². The largest absolute Gasteiger partial charge is 0.467 e. The van der Waals surface area contributed by atoms with Gasteiger partial charge in [0, 0.05) is 24.3 Å². The van der Waals surface area contributed by atoms with Crippen molar-refractivity contribution in [1.82, 2.24) is 14.5 Å². The maximum Gasteiger partial charge on any atom is 0.254 e. The van der Waals surface area contributed by atoms with Crippen molar-refractivity contribution in [1.29, 1.82) is 0 Å². The Bertz CT molecular complexity index is 1310. The van der Waals surface area contributed by atoms with Crippen molar-refractivity contribution in [3.63, 3.8) is 0 Å². The van der Waals surface area contributed by atoms with Crippen LogP contribution >= 0.6 is 0 Å². The molecule has 0 bridgehead atoms. The van der Waals surface area contributed by atoms with Crippen molar-refractivity contribution in [2.45, 2.75) is 11.4 Å². The SMILES string of the molecule is O=C1CN(S(=O)(=O)c2cccc(C(=O)N(CC(=O)Nc3ccccc3)Cc3ccco3)c2)CCN1. The fourth-order valence-electron chi connectivity index (χ4n) is 3.63. The third kappa shape index (κ3) is 5.94. The quantitative estimate of drug-likeness (QED) is 0.488. The molecule has 4 rings (SSSR count). The van der Waals surface area contributed by atoms with E-state index in [4.69, 9.17) is 4.42 Å². The highest BCUT2D eigenvalue weighted by molar-refractivity contribution is 7.89. The van der Waals surface area contributed by atoms with E-state index >= 15 is 0 Å². The Morgan fingerprint density at radius 3 is 2.57 bits per heavy atom. The highest BCUT2D eigenvalue weighted by Gasteiger charge is 2.30. The molecular formula is C24H24N4O6S. The van der Waals surface area contributed by atoms with Crippen LogP contribution in [0.2, 0.25) is 0 Å². The van der Waals surface area contributed by atoms with Gasteiger partial charge in [-0.25, -0.2) is 8.42 Å². The highest BCUT2D eigenvalue weighted by Crippen LogP contribution is 2.20. The Morgan fingerprint density at radius 1 is 1.06 bits per heavy atom. The molecule has 2 heterocycles. The van der Waals surface area contributed by atoms with Gasteiger partial charge in [0.25, 0.3) is 5.91 Å². The Morgan fingerprint density at radius 2 is 1.86 bits per heavy atom. The van der Waals surface area contributed by atoms with E-state index in [1.165, 1.54) is 35.4 Å². The van der Waals surface area contributed by atoms with Crippen LogP contribution in [0.25, 0.3) is 0 Å². The Balaban J connectivity index is 1.56. The fraction of sp³-hybridized carbons (Fsp3) is 0.208. The lowest BCUT2D eigenvalue weighted by atomic mass is 10.2. The van der Waals surface area contributed by atoms with Gasteiger partial charge in [-0.3, -0.25) is 14.4 Å². The van der Waals surface area contributed by atoms with Gasteiger partial charge < -0.3 is 20.0 Å². The summed E-state index contributed by atoms with van der Waals surface area (Å²) in [5, 5.41) is 5.32. The molecular weight excluding hydrogens is 472 g/mol. The van der Waals surface area contributed by atoms with Crippen LogP contribution in [0, 0.1) is 0 Å². The Kier molecular flexibility index (Phi) is 7.28. The van der Waals surface area contributed by atoms with Crippen LogP contribution in [-0.2, 0) is 26.2 Å². The maximum absolute atomic E-state index is 13.4. The van der Waals surface area contributed by atoms with Crippen LogP contribution in [0.3, 0.4) is 0 Å². The van der Waals surface area contributed by atoms with E-state index in [1.54, 1.807) is 36.4 Å². The first kappa shape index (κ1) is 24.2. The zero-order valence-corrected chi connectivity index (χ0v) is 19.5. The summed E-state index contributed by atoms with van der Waals surface area (Å²) in [5.41, 5.74) is 0.674. The van der Waals surface area contributed by atoms with Gasteiger partial charge in [0.15, 0.2) is 0 Å². The van der Waals surface area contributed by atoms with Gasteiger partial charge >= 0.3 is 0 Å². The van der Waals surface area contributed by atoms with E-state index in [9.17, 15) is 22.8 Å². The number of hydrogen-bond acceptors (Lipinski definition) is 6. The lowest BCUT2D eigenvalue weighted by molar-refractivity contribution is -0.122. The van der Waals surface area contributed by atoms with Crippen LogP contribution < -0.4 is 10.6 Å². The van der Waals surface area contributed by atoms with E-state index < -0.39 is 21.8 Å². The van der Waals surface area contributed by atoms with Gasteiger partial charge in [-0.2, -0.15) is 4.31 Å². The number of carbonyl (C=O) groups excluding carboxylic acids is 3. The zero-order chi connectivity index (χ0) is 24.8. The molecule has 0 atom stereocenters. The summed E-state index contributed by atoms with van der Waals surface area (Å²) in [7, 11) is -3.99. The van der Waals surface area contributed by atoms with Gasteiger partial charge in [0.05, 0.1) is 24.2 Å². The summed E-state index contributed by atoms with van der Waals surface area (Å²) in [5.74, 6) is -0.882. The first-order valence-electron chi connectivity index (χ1n) is 10.9. The smallest absolute Gasteiger partial charge is 0.254 e. The van der Waals surface area contributed by atoms with Crippen LogP contribution in [-0.4, -0.2) is 61.5 Å². The maximum atomic E-state index is 13.4. The predicted molar refractivity (Wildman–Crippen MR) is 127 cm³/mol. The third-order valence-electron chi connectivity index (χ3n) is 5.33.